The minimum atomic E-state index is -4.52. The second-order valence-corrected chi connectivity index (χ2v) is 8.88. The quantitative estimate of drug-likeness (QED) is 0.507. The number of aryl methyl sites for hydroxylation is 1. The lowest BCUT2D eigenvalue weighted by Crippen LogP contribution is -2.47. The minimum absolute atomic E-state index is 0.1000. The molecule has 0 spiro atoms. The maximum absolute atomic E-state index is 14.8. The summed E-state index contributed by atoms with van der Waals surface area (Å²) in [7, 11) is 3.80. The lowest BCUT2D eigenvalue weighted by molar-refractivity contribution is -0.137. The highest BCUT2D eigenvalue weighted by molar-refractivity contribution is 6.30. The number of benzene rings is 1. The molecule has 0 aliphatic carbocycles. The van der Waals surface area contributed by atoms with Crippen LogP contribution in [0.2, 0.25) is 5.02 Å². The van der Waals surface area contributed by atoms with Crippen LogP contribution in [-0.4, -0.2) is 55.6 Å². The summed E-state index contributed by atoms with van der Waals surface area (Å²) in [6.45, 7) is 2.82. The summed E-state index contributed by atoms with van der Waals surface area (Å²) in [5.41, 5.74) is -0.498. The van der Waals surface area contributed by atoms with Gasteiger partial charge in [-0.15, -0.1) is 0 Å². The zero-order valence-corrected chi connectivity index (χ0v) is 19.5. The van der Waals surface area contributed by atoms with Crippen LogP contribution < -0.4 is 9.80 Å². The first-order valence-corrected chi connectivity index (χ1v) is 11.1. The molecule has 1 aliphatic heterocycles. The number of hydrogen-bond acceptors (Lipinski definition) is 4. The molecule has 0 unspecified atom stereocenters. The Bertz CT molecular complexity index is 999. The Morgan fingerprint density at radius 3 is 2.58 bits per heavy atom. The molecule has 1 atom stereocenters. The van der Waals surface area contributed by atoms with E-state index in [4.69, 9.17) is 11.6 Å². The molecule has 2 aromatic rings. The lowest BCUT2D eigenvalue weighted by Gasteiger charge is -2.32. The van der Waals surface area contributed by atoms with Crippen molar-refractivity contribution in [3.05, 3.63) is 52.4 Å². The summed E-state index contributed by atoms with van der Waals surface area (Å²) in [6, 6.07) is 5.32. The van der Waals surface area contributed by atoms with E-state index in [-0.39, 0.29) is 34.7 Å². The standard InChI is InChI=1S/C23H27ClF4N4O/c1-15-12-16(23(26,27)28)13-21(29-15)31-10-4-6-20(31)22(33)32(11-5-9-30(2)3)19-8-7-17(24)14-18(19)25/h7-8,12-14,20H,4-6,9-11H2,1-3H3/t20-/m0/s1. The molecular formula is C23H27ClF4N4O. The van der Waals surface area contributed by atoms with Crippen LogP contribution in [0.25, 0.3) is 0 Å². The second kappa shape index (κ2) is 10.3. The Morgan fingerprint density at radius 1 is 1.21 bits per heavy atom. The topological polar surface area (TPSA) is 39.7 Å². The third-order valence-corrected chi connectivity index (χ3v) is 5.79. The Morgan fingerprint density at radius 2 is 1.94 bits per heavy atom. The van der Waals surface area contributed by atoms with Crippen LogP contribution in [0.15, 0.2) is 30.3 Å². The van der Waals surface area contributed by atoms with E-state index in [1.165, 1.54) is 24.0 Å². The summed E-state index contributed by atoms with van der Waals surface area (Å²) in [5, 5.41) is 0.211. The van der Waals surface area contributed by atoms with Gasteiger partial charge < -0.3 is 14.7 Å². The highest BCUT2D eigenvalue weighted by Gasteiger charge is 2.38. The van der Waals surface area contributed by atoms with Gasteiger partial charge in [-0.1, -0.05) is 11.6 Å². The third kappa shape index (κ3) is 6.14. The first-order chi connectivity index (χ1) is 15.5. The van der Waals surface area contributed by atoms with Gasteiger partial charge in [-0.05, 0) is 77.2 Å². The second-order valence-electron chi connectivity index (χ2n) is 8.45. The highest BCUT2D eigenvalue weighted by atomic mass is 35.5. The average Bonchev–Trinajstić information content (AvgIpc) is 3.20. The summed E-state index contributed by atoms with van der Waals surface area (Å²) in [5.74, 6) is -0.898. The van der Waals surface area contributed by atoms with E-state index in [2.05, 4.69) is 4.98 Å². The van der Waals surface area contributed by atoms with Crippen molar-refractivity contribution in [1.29, 1.82) is 0 Å². The van der Waals surface area contributed by atoms with Crippen LogP contribution >= 0.6 is 11.6 Å². The van der Waals surface area contributed by atoms with Crippen molar-refractivity contribution in [1.82, 2.24) is 9.88 Å². The van der Waals surface area contributed by atoms with Crippen molar-refractivity contribution in [3.63, 3.8) is 0 Å². The Labute approximate surface area is 195 Å². The van der Waals surface area contributed by atoms with Crippen LogP contribution in [0.1, 0.15) is 30.5 Å². The SMILES string of the molecule is Cc1cc(C(F)(F)F)cc(N2CCC[C@H]2C(=O)N(CCCN(C)C)c2ccc(Cl)cc2F)n1. The van der Waals surface area contributed by atoms with Gasteiger partial charge in [0.05, 0.1) is 11.3 Å². The number of carbonyl (C=O) groups excluding carboxylic acids is 1. The molecule has 3 rings (SSSR count). The molecule has 0 saturated carbocycles. The van der Waals surface area contributed by atoms with Crippen molar-refractivity contribution >= 4 is 29.0 Å². The van der Waals surface area contributed by atoms with Crippen molar-refractivity contribution in [2.75, 3.05) is 43.5 Å². The van der Waals surface area contributed by atoms with Crippen LogP contribution in [0.5, 0.6) is 0 Å². The number of nitrogens with zero attached hydrogens (tertiary/aromatic N) is 4. The number of alkyl halides is 3. The minimum Gasteiger partial charge on any atom is -0.345 e. The van der Waals surface area contributed by atoms with E-state index in [1.807, 2.05) is 19.0 Å². The predicted octanol–water partition coefficient (Wildman–Crippen LogP) is 5.16. The molecule has 1 aliphatic rings. The number of aromatic nitrogens is 1. The van der Waals surface area contributed by atoms with Crippen molar-refractivity contribution in [2.45, 2.75) is 38.4 Å². The van der Waals surface area contributed by atoms with E-state index in [9.17, 15) is 22.4 Å². The Hall–Kier alpha value is -2.39. The number of amides is 1. The molecule has 180 valence electrons. The van der Waals surface area contributed by atoms with E-state index < -0.39 is 23.6 Å². The van der Waals surface area contributed by atoms with Gasteiger partial charge in [0.25, 0.3) is 0 Å². The van der Waals surface area contributed by atoms with Gasteiger partial charge in [0.15, 0.2) is 0 Å². The zero-order chi connectivity index (χ0) is 24.3. The van der Waals surface area contributed by atoms with Crippen LogP contribution in [-0.2, 0) is 11.0 Å². The number of rotatable bonds is 7. The summed E-state index contributed by atoms with van der Waals surface area (Å²) in [4.78, 5) is 22.8. The molecular weight excluding hydrogens is 460 g/mol. The van der Waals surface area contributed by atoms with Crippen LogP contribution in [0.4, 0.5) is 29.1 Å². The molecule has 1 fully saturated rings. The molecule has 0 N–H and O–H groups in total. The van der Waals surface area contributed by atoms with Crippen LogP contribution in [0, 0.1) is 12.7 Å². The zero-order valence-electron chi connectivity index (χ0n) is 18.8. The molecule has 33 heavy (non-hydrogen) atoms. The fourth-order valence-corrected chi connectivity index (χ4v) is 4.19. The Kier molecular flexibility index (Phi) is 7.84. The first-order valence-electron chi connectivity index (χ1n) is 10.7. The molecule has 5 nitrogen and oxygen atoms in total. The molecule has 0 radical (unpaired) electrons. The Balaban J connectivity index is 1.94. The third-order valence-electron chi connectivity index (χ3n) is 5.55. The maximum Gasteiger partial charge on any atom is 0.416 e. The van der Waals surface area contributed by atoms with Crippen molar-refractivity contribution in [3.8, 4) is 0 Å². The summed E-state index contributed by atoms with van der Waals surface area (Å²) >= 11 is 5.89. The van der Waals surface area contributed by atoms with Gasteiger partial charge in [-0.3, -0.25) is 4.79 Å². The van der Waals surface area contributed by atoms with E-state index in [0.29, 0.717) is 32.4 Å². The number of pyridine rings is 1. The van der Waals surface area contributed by atoms with Gasteiger partial charge in [0, 0.05) is 23.8 Å². The highest BCUT2D eigenvalue weighted by Crippen LogP contribution is 2.34. The molecule has 1 saturated heterocycles. The smallest absolute Gasteiger partial charge is 0.345 e. The number of anilines is 2. The predicted molar refractivity (Wildman–Crippen MR) is 121 cm³/mol. The van der Waals surface area contributed by atoms with Crippen LogP contribution in [0.3, 0.4) is 0 Å². The van der Waals surface area contributed by atoms with Gasteiger partial charge >= 0.3 is 6.18 Å². The fraction of sp³-hybridized carbons (Fsp3) is 0.478. The van der Waals surface area contributed by atoms with Gasteiger partial charge in [-0.25, -0.2) is 9.37 Å². The fourth-order valence-electron chi connectivity index (χ4n) is 4.03. The normalized spacial score (nSPS) is 16.5. The lowest BCUT2D eigenvalue weighted by atomic mass is 10.1. The van der Waals surface area contributed by atoms with Gasteiger partial charge in [0.1, 0.15) is 17.7 Å². The largest absolute Gasteiger partial charge is 0.416 e. The summed E-state index contributed by atoms with van der Waals surface area (Å²) < 4.78 is 54.8. The molecule has 0 bridgehead atoms. The maximum atomic E-state index is 14.8. The number of carbonyl (C=O) groups is 1. The first kappa shape index (κ1) is 25.2. The van der Waals surface area contributed by atoms with E-state index in [1.54, 1.807) is 4.90 Å². The number of halogens is 5. The molecule has 1 amide bonds. The molecule has 2 heterocycles. The number of hydrogen-bond donors (Lipinski definition) is 0. The average molecular weight is 487 g/mol. The van der Waals surface area contributed by atoms with E-state index >= 15 is 0 Å². The van der Waals surface area contributed by atoms with Crippen molar-refractivity contribution < 1.29 is 22.4 Å². The van der Waals surface area contributed by atoms with E-state index in [0.717, 1.165) is 18.2 Å². The molecule has 10 heteroatoms. The van der Waals surface area contributed by atoms with Gasteiger partial charge in [0.2, 0.25) is 5.91 Å². The van der Waals surface area contributed by atoms with Crippen molar-refractivity contribution in [2.24, 2.45) is 0 Å². The van der Waals surface area contributed by atoms with Gasteiger partial charge in [-0.2, -0.15) is 13.2 Å². The summed E-state index contributed by atoms with van der Waals surface area (Å²) in [6.07, 6.45) is -2.88. The monoisotopic (exact) mass is 486 g/mol. The molecule has 1 aromatic carbocycles. The molecule has 1 aromatic heterocycles.